The third-order valence-electron chi connectivity index (χ3n) is 4.71. The van der Waals surface area contributed by atoms with E-state index in [1.54, 1.807) is 11.3 Å². The van der Waals surface area contributed by atoms with E-state index >= 15 is 0 Å². The summed E-state index contributed by atoms with van der Waals surface area (Å²) in [7, 11) is 0. The summed E-state index contributed by atoms with van der Waals surface area (Å²) in [5, 5.41) is 8.64. The van der Waals surface area contributed by atoms with Crippen molar-refractivity contribution in [3.8, 4) is 0 Å². The third-order valence-corrected chi connectivity index (χ3v) is 5.64. The molecule has 2 aliphatic heterocycles. The quantitative estimate of drug-likeness (QED) is 0.621. The van der Waals surface area contributed by atoms with Gasteiger partial charge in [0.15, 0.2) is 5.84 Å². The van der Waals surface area contributed by atoms with Crippen LogP contribution in [0.3, 0.4) is 0 Å². The Balaban J connectivity index is 1.75. The highest BCUT2D eigenvalue weighted by molar-refractivity contribution is 7.10. The molecular formula is C22H18N4S. The molecule has 1 atom stereocenters. The van der Waals surface area contributed by atoms with Gasteiger partial charge in [-0.3, -0.25) is 4.99 Å². The molecule has 132 valence electrons. The number of aliphatic imine (C=N–C) groups is 2. The maximum Gasteiger partial charge on any atom is 0.155 e. The Morgan fingerprint density at radius 1 is 0.926 bits per heavy atom. The summed E-state index contributed by atoms with van der Waals surface area (Å²) in [5.41, 5.74) is 4.08. The number of benzene rings is 2. The van der Waals surface area contributed by atoms with Crippen LogP contribution in [-0.2, 0) is 0 Å². The van der Waals surface area contributed by atoms with E-state index < -0.39 is 0 Å². The zero-order chi connectivity index (χ0) is 18.1. The van der Waals surface area contributed by atoms with Gasteiger partial charge in [0.05, 0.1) is 11.4 Å². The minimum absolute atomic E-state index is 0.164. The number of hydrogen-bond acceptors (Lipinski definition) is 5. The van der Waals surface area contributed by atoms with Crippen molar-refractivity contribution in [2.24, 2.45) is 15.1 Å². The molecule has 0 saturated carbocycles. The summed E-state index contributed by atoms with van der Waals surface area (Å²) in [6, 6.07) is 22.6. The molecule has 0 spiro atoms. The van der Waals surface area contributed by atoms with Gasteiger partial charge in [-0.05, 0) is 17.5 Å². The van der Waals surface area contributed by atoms with Crippen LogP contribution in [0.1, 0.15) is 28.5 Å². The maximum absolute atomic E-state index is 5.24. The monoisotopic (exact) mass is 370 g/mol. The molecule has 0 amide bonds. The molecule has 0 aliphatic carbocycles. The van der Waals surface area contributed by atoms with E-state index in [-0.39, 0.29) is 6.04 Å². The second-order valence-electron chi connectivity index (χ2n) is 6.46. The maximum atomic E-state index is 5.24. The van der Waals surface area contributed by atoms with Gasteiger partial charge in [0.25, 0.3) is 0 Å². The van der Waals surface area contributed by atoms with Gasteiger partial charge in [-0.25, -0.2) is 10.0 Å². The number of fused-ring (bicyclic) bond motifs is 1. The van der Waals surface area contributed by atoms with Gasteiger partial charge in [0.1, 0.15) is 6.04 Å². The molecule has 0 N–H and O–H groups in total. The van der Waals surface area contributed by atoms with E-state index in [4.69, 9.17) is 9.98 Å². The second-order valence-corrected chi connectivity index (χ2v) is 7.44. The van der Waals surface area contributed by atoms with E-state index in [9.17, 15) is 0 Å². The summed E-state index contributed by atoms with van der Waals surface area (Å²) in [6.45, 7) is 0.846. The molecule has 5 rings (SSSR count). The van der Waals surface area contributed by atoms with Crippen molar-refractivity contribution < 1.29 is 0 Å². The van der Waals surface area contributed by atoms with Crippen molar-refractivity contribution in [1.29, 1.82) is 0 Å². The average molecular weight is 370 g/mol. The molecule has 0 saturated heterocycles. The average Bonchev–Trinajstić information content (AvgIpc) is 3.41. The molecule has 3 aromatic rings. The highest BCUT2D eigenvalue weighted by atomic mass is 32.1. The molecule has 0 bridgehead atoms. The van der Waals surface area contributed by atoms with Gasteiger partial charge in [-0.15, -0.1) is 11.3 Å². The van der Waals surface area contributed by atoms with E-state index in [0.29, 0.717) is 0 Å². The van der Waals surface area contributed by atoms with Crippen molar-refractivity contribution in [2.45, 2.75) is 12.5 Å². The van der Waals surface area contributed by atoms with Crippen molar-refractivity contribution in [3.63, 3.8) is 0 Å². The Hall–Kier alpha value is -3.05. The summed E-state index contributed by atoms with van der Waals surface area (Å²) in [6.07, 6.45) is 2.89. The lowest BCUT2D eigenvalue weighted by atomic mass is 10.0. The fourth-order valence-electron chi connectivity index (χ4n) is 3.44. The van der Waals surface area contributed by atoms with Crippen molar-refractivity contribution in [2.75, 3.05) is 6.54 Å². The predicted molar refractivity (Wildman–Crippen MR) is 112 cm³/mol. The van der Waals surface area contributed by atoms with Gasteiger partial charge in [0.2, 0.25) is 0 Å². The normalized spacial score (nSPS) is 18.7. The van der Waals surface area contributed by atoms with E-state index in [1.807, 2.05) is 29.4 Å². The third kappa shape index (κ3) is 3.00. The first kappa shape index (κ1) is 16.1. The fraction of sp³-hybridized carbons (Fsp3) is 0.136. The lowest BCUT2D eigenvalue weighted by molar-refractivity contribution is 0.473. The summed E-state index contributed by atoms with van der Waals surface area (Å²) in [5.74, 6) is 0.893. The Morgan fingerprint density at radius 3 is 2.56 bits per heavy atom. The van der Waals surface area contributed by atoms with Crippen LogP contribution in [0.15, 0.2) is 87.2 Å². The summed E-state index contributed by atoms with van der Waals surface area (Å²) < 4.78 is 0. The van der Waals surface area contributed by atoms with E-state index in [1.165, 1.54) is 4.88 Å². The molecule has 1 unspecified atom stereocenters. The van der Waals surface area contributed by atoms with Gasteiger partial charge in [-0.2, -0.15) is 5.10 Å². The summed E-state index contributed by atoms with van der Waals surface area (Å²) in [4.78, 5) is 11.5. The predicted octanol–water partition coefficient (Wildman–Crippen LogP) is 5.06. The Bertz CT molecular complexity index is 1040. The second kappa shape index (κ2) is 6.93. The van der Waals surface area contributed by atoms with E-state index in [2.05, 4.69) is 59.0 Å². The van der Waals surface area contributed by atoms with Gasteiger partial charge >= 0.3 is 0 Å². The van der Waals surface area contributed by atoms with Gasteiger partial charge < -0.3 is 0 Å². The largest absolute Gasteiger partial charge is 0.267 e. The molecule has 5 heteroatoms. The summed E-state index contributed by atoms with van der Waals surface area (Å²) >= 11 is 1.71. The fourth-order valence-corrected chi connectivity index (χ4v) is 4.20. The van der Waals surface area contributed by atoms with Crippen LogP contribution in [0.4, 0.5) is 5.69 Å². The minimum atomic E-state index is -0.164. The SMILES string of the molecule is C1=NN(C2=Nc3ccccc3C(c3ccccc3)=NC2c2cccs2)CC1. The zero-order valence-electron chi connectivity index (χ0n) is 14.7. The molecule has 1 aromatic heterocycles. The Morgan fingerprint density at radius 2 is 1.78 bits per heavy atom. The first-order chi connectivity index (χ1) is 13.4. The van der Waals surface area contributed by atoms with Crippen molar-refractivity contribution >= 4 is 34.8 Å². The molecular weight excluding hydrogens is 352 g/mol. The van der Waals surface area contributed by atoms with Gasteiger partial charge in [-0.1, -0.05) is 54.6 Å². The number of rotatable bonds is 2. The lowest BCUT2D eigenvalue weighted by Gasteiger charge is -2.21. The molecule has 4 nitrogen and oxygen atoms in total. The van der Waals surface area contributed by atoms with Crippen LogP contribution in [0.25, 0.3) is 0 Å². The van der Waals surface area contributed by atoms with Crippen LogP contribution < -0.4 is 0 Å². The number of nitrogens with zero attached hydrogens (tertiary/aromatic N) is 4. The van der Waals surface area contributed by atoms with E-state index in [0.717, 1.165) is 41.3 Å². The van der Waals surface area contributed by atoms with Crippen molar-refractivity contribution in [1.82, 2.24) is 5.01 Å². The van der Waals surface area contributed by atoms with Crippen molar-refractivity contribution in [3.05, 3.63) is 88.1 Å². The zero-order valence-corrected chi connectivity index (χ0v) is 15.5. The molecule has 2 aromatic carbocycles. The highest BCUT2D eigenvalue weighted by Crippen LogP contribution is 2.35. The van der Waals surface area contributed by atoms with Crippen LogP contribution in [0, 0.1) is 0 Å². The number of hydrazone groups is 1. The first-order valence-corrected chi connectivity index (χ1v) is 9.93. The van der Waals surface area contributed by atoms with Crippen LogP contribution in [-0.4, -0.2) is 29.3 Å². The first-order valence-electron chi connectivity index (χ1n) is 9.05. The van der Waals surface area contributed by atoms with Crippen LogP contribution in [0.2, 0.25) is 0 Å². The Labute approximate surface area is 162 Å². The molecule has 27 heavy (non-hydrogen) atoms. The minimum Gasteiger partial charge on any atom is -0.267 e. The number of thiophene rings is 1. The highest BCUT2D eigenvalue weighted by Gasteiger charge is 2.29. The number of hydrogen-bond donors (Lipinski definition) is 0. The topological polar surface area (TPSA) is 40.3 Å². The molecule has 3 heterocycles. The Kier molecular flexibility index (Phi) is 4.14. The number of amidine groups is 1. The number of para-hydroxylation sites is 1. The smallest absolute Gasteiger partial charge is 0.155 e. The van der Waals surface area contributed by atoms with Crippen LogP contribution in [0.5, 0.6) is 0 Å². The lowest BCUT2D eigenvalue weighted by Crippen LogP contribution is -2.28. The standard InChI is InChI=1S/C22H18N4S/c1-2-8-16(9-3-1)20-17-10-4-5-11-18(17)24-22(26-14-7-13-23-26)21(25-20)19-12-6-15-27-19/h1-6,8-13,15,21H,7,14H2. The molecule has 0 radical (unpaired) electrons. The van der Waals surface area contributed by atoms with Gasteiger partial charge in [0, 0.05) is 35.2 Å². The van der Waals surface area contributed by atoms with Crippen LogP contribution >= 0.6 is 11.3 Å². The molecule has 2 aliphatic rings. The molecule has 0 fully saturated rings.